The van der Waals surface area contributed by atoms with Crippen LogP contribution in [-0.4, -0.2) is 73.4 Å². The Balaban J connectivity index is 4.25. The Morgan fingerprint density at radius 2 is 0.917 bits per heavy atom. The van der Waals surface area contributed by atoms with Crippen LogP contribution in [0.25, 0.3) is 0 Å². The van der Waals surface area contributed by atoms with Crippen LogP contribution in [0.2, 0.25) is 0 Å². The minimum atomic E-state index is -4.35. The number of rotatable bonds is 45. The van der Waals surface area contributed by atoms with Crippen LogP contribution in [0.1, 0.15) is 219 Å². The first-order valence-electron chi connectivity index (χ1n) is 25.0. The standard InChI is InChI=1S/C51H97N2O6P/c1-6-8-10-12-14-16-18-20-21-22-23-24-25-26-27-28-29-30-31-33-35-37-39-41-43-45-51(55)52-49(48-59-60(56,57)58-47-46-53(3,4)5)50(54)44-42-40-38-36-34-32-19-17-15-13-11-9-7-2/h15,17,26-27,34,36,42,44,49-50,54H,6-14,16,18-25,28-33,35,37-41,43,45-48H2,1-5H3,(H-,52,55,56,57)/p+1/b17-15+,27-26-,36-34+,44-42+. The molecule has 3 unspecified atom stereocenters. The van der Waals surface area contributed by atoms with Gasteiger partial charge in [-0.15, -0.1) is 0 Å². The molecule has 0 aliphatic rings. The molecule has 0 radical (unpaired) electrons. The lowest BCUT2D eigenvalue weighted by atomic mass is 10.0. The highest BCUT2D eigenvalue weighted by Crippen LogP contribution is 2.43. The monoisotopic (exact) mass is 866 g/mol. The molecule has 0 aliphatic heterocycles. The maximum Gasteiger partial charge on any atom is 0.472 e. The van der Waals surface area contributed by atoms with E-state index in [0.717, 1.165) is 51.4 Å². The summed E-state index contributed by atoms with van der Waals surface area (Å²) >= 11 is 0. The van der Waals surface area contributed by atoms with E-state index in [0.29, 0.717) is 17.4 Å². The van der Waals surface area contributed by atoms with Crippen LogP contribution in [0.4, 0.5) is 0 Å². The van der Waals surface area contributed by atoms with Gasteiger partial charge in [0, 0.05) is 6.42 Å². The van der Waals surface area contributed by atoms with E-state index in [2.05, 4.69) is 55.6 Å². The summed E-state index contributed by atoms with van der Waals surface area (Å²) < 4.78 is 23.6. The highest BCUT2D eigenvalue weighted by molar-refractivity contribution is 7.47. The van der Waals surface area contributed by atoms with E-state index in [4.69, 9.17) is 9.05 Å². The Morgan fingerprint density at radius 1 is 0.550 bits per heavy atom. The third-order valence-electron chi connectivity index (χ3n) is 11.0. The zero-order valence-corrected chi connectivity index (χ0v) is 40.8. The molecule has 0 bridgehead atoms. The van der Waals surface area contributed by atoms with Crippen molar-refractivity contribution in [2.45, 2.75) is 231 Å². The van der Waals surface area contributed by atoms with E-state index in [-0.39, 0.29) is 19.1 Å². The molecule has 1 amide bonds. The fourth-order valence-electron chi connectivity index (χ4n) is 7.01. The van der Waals surface area contributed by atoms with Crippen molar-refractivity contribution in [1.29, 1.82) is 0 Å². The molecule has 0 saturated heterocycles. The van der Waals surface area contributed by atoms with Crippen LogP contribution in [0.15, 0.2) is 48.6 Å². The van der Waals surface area contributed by atoms with E-state index in [1.807, 2.05) is 27.2 Å². The number of aliphatic hydroxyl groups excluding tert-OH is 1. The number of amides is 1. The lowest BCUT2D eigenvalue weighted by Crippen LogP contribution is -2.45. The van der Waals surface area contributed by atoms with Crippen molar-refractivity contribution in [3.8, 4) is 0 Å². The van der Waals surface area contributed by atoms with E-state index in [9.17, 15) is 19.4 Å². The van der Waals surface area contributed by atoms with Crippen LogP contribution in [-0.2, 0) is 18.4 Å². The second-order valence-electron chi connectivity index (χ2n) is 18.2. The molecule has 0 aromatic heterocycles. The van der Waals surface area contributed by atoms with Gasteiger partial charge in [-0.05, 0) is 70.6 Å². The van der Waals surface area contributed by atoms with Crippen molar-refractivity contribution in [1.82, 2.24) is 5.32 Å². The fraction of sp³-hybridized carbons (Fsp3) is 0.824. The average molecular weight is 866 g/mol. The lowest BCUT2D eigenvalue weighted by molar-refractivity contribution is -0.870. The minimum absolute atomic E-state index is 0.0523. The molecule has 60 heavy (non-hydrogen) atoms. The molecule has 0 aromatic rings. The topological polar surface area (TPSA) is 105 Å². The van der Waals surface area contributed by atoms with E-state index < -0.39 is 20.0 Å². The van der Waals surface area contributed by atoms with Crippen molar-refractivity contribution in [3.63, 3.8) is 0 Å². The molecule has 9 heteroatoms. The van der Waals surface area contributed by atoms with Crippen LogP contribution in [0, 0.1) is 0 Å². The second kappa shape index (κ2) is 42.7. The number of nitrogens with zero attached hydrogens (tertiary/aromatic N) is 1. The quantitative estimate of drug-likeness (QED) is 0.0244. The van der Waals surface area contributed by atoms with Gasteiger partial charge < -0.3 is 19.8 Å². The Morgan fingerprint density at radius 3 is 1.37 bits per heavy atom. The van der Waals surface area contributed by atoms with Crippen LogP contribution in [0.5, 0.6) is 0 Å². The lowest BCUT2D eigenvalue weighted by Gasteiger charge is -2.25. The molecule has 3 N–H and O–H groups in total. The fourth-order valence-corrected chi connectivity index (χ4v) is 7.74. The molecular formula is C51H98N2O6P+. The molecule has 3 atom stereocenters. The number of unbranched alkanes of at least 4 members (excludes halogenated alkanes) is 26. The van der Waals surface area contributed by atoms with Gasteiger partial charge in [0.2, 0.25) is 5.91 Å². The molecule has 0 aliphatic carbocycles. The summed E-state index contributed by atoms with van der Waals surface area (Å²) in [4.78, 5) is 23.2. The summed E-state index contributed by atoms with van der Waals surface area (Å²) in [5, 5.41) is 13.8. The Labute approximate surface area is 371 Å². The molecule has 352 valence electrons. The summed E-state index contributed by atoms with van der Waals surface area (Å²) in [5.41, 5.74) is 0. The molecule has 0 heterocycles. The van der Waals surface area contributed by atoms with Gasteiger partial charge in [0.15, 0.2) is 0 Å². The highest BCUT2D eigenvalue weighted by Gasteiger charge is 2.27. The van der Waals surface area contributed by atoms with E-state index in [1.165, 1.54) is 148 Å². The van der Waals surface area contributed by atoms with Gasteiger partial charge in [0.05, 0.1) is 39.9 Å². The van der Waals surface area contributed by atoms with Crippen molar-refractivity contribution in [2.24, 2.45) is 0 Å². The van der Waals surface area contributed by atoms with Crippen molar-refractivity contribution >= 4 is 13.7 Å². The largest absolute Gasteiger partial charge is 0.472 e. The number of phosphoric ester groups is 1. The molecule has 0 rings (SSSR count). The Bertz CT molecular complexity index is 1120. The number of nitrogens with one attached hydrogen (secondary N) is 1. The van der Waals surface area contributed by atoms with Crippen molar-refractivity contribution in [2.75, 3.05) is 40.9 Å². The first-order valence-corrected chi connectivity index (χ1v) is 26.5. The summed E-state index contributed by atoms with van der Waals surface area (Å²) in [7, 11) is 1.54. The van der Waals surface area contributed by atoms with Crippen molar-refractivity contribution < 1.29 is 32.9 Å². The Kier molecular flexibility index (Phi) is 41.6. The number of hydrogen-bond donors (Lipinski definition) is 3. The molecule has 8 nitrogen and oxygen atoms in total. The molecule has 0 fully saturated rings. The number of likely N-dealkylation sites (N-methyl/N-ethyl adjacent to an activating group) is 1. The van der Waals surface area contributed by atoms with E-state index >= 15 is 0 Å². The predicted octanol–water partition coefficient (Wildman–Crippen LogP) is 14.4. The Hall–Kier alpha value is -1.54. The second-order valence-corrected chi connectivity index (χ2v) is 19.6. The maximum absolute atomic E-state index is 12.9. The summed E-state index contributed by atoms with van der Waals surface area (Å²) in [6.07, 6.45) is 54.9. The average Bonchev–Trinajstić information content (AvgIpc) is 3.20. The van der Waals surface area contributed by atoms with Gasteiger partial charge in [-0.25, -0.2) is 4.57 Å². The van der Waals surface area contributed by atoms with Crippen molar-refractivity contribution in [3.05, 3.63) is 48.6 Å². The number of hydrogen-bond acceptors (Lipinski definition) is 5. The van der Waals surface area contributed by atoms with Crippen LogP contribution in [0.3, 0.4) is 0 Å². The summed E-state index contributed by atoms with van der Waals surface area (Å²) in [6, 6.07) is -0.870. The third kappa shape index (κ3) is 44.5. The predicted molar refractivity (Wildman–Crippen MR) is 258 cm³/mol. The smallest absolute Gasteiger partial charge is 0.387 e. The number of aliphatic hydroxyl groups is 1. The third-order valence-corrected chi connectivity index (χ3v) is 12.0. The SMILES string of the molecule is CCCCC/C=C/CC/C=C/CC/C=C/C(O)C(COP(=O)(O)OCC[N+](C)(C)C)NC(=O)CCCCCCCCCCC/C=C\CCCCCCCCCCCCCC. The summed E-state index contributed by atoms with van der Waals surface area (Å²) in [5.74, 6) is -0.194. The van der Waals surface area contributed by atoms with Crippen LogP contribution < -0.4 is 5.32 Å². The minimum Gasteiger partial charge on any atom is -0.387 e. The molecular weight excluding hydrogens is 768 g/mol. The number of carbonyl (C=O) groups is 1. The molecule has 0 aromatic carbocycles. The van der Waals surface area contributed by atoms with Gasteiger partial charge in [-0.2, -0.15) is 0 Å². The maximum atomic E-state index is 12.9. The number of allylic oxidation sites excluding steroid dienone is 7. The van der Waals surface area contributed by atoms with Gasteiger partial charge in [-0.1, -0.05) is 191 Å². The molecule has 0 spiro atoms. The first-order chi connectivity index (χ1) is 29.0. The zero-order valence-electron chi connectivity index (χ0n) is 39.9. The molecule has 0 saturated carbocycles. The van der Waals surface area contributed by atoms with Gasteiger partial charge in [0.1, 0.15) is 13.2 Å². The number of phosphoric acid groups is 1. The normalized spacial score (nSPS) is 14.6. The number of quaternary nitrogens is 1. The van der Waals surface area contributed by atoms with Gasteiger partial charge in [0.25, 0.3) is 0 Å². The van der Waals surface area contributed by atoms with Crippen LogP contribution >= 0.6 is 7.82 Å². The first kappa shape index (κ1) is 58.5. The van der Waals surface area contributed by atoms with Gasteiger partial charge >= 0.3 is 7.82 Å². The van der Waals surface area contributed by atoms with E-state index in [1.54, 1.807) is 6.08 Å². The van der Waals surface area contributed by atoms with Gasteiger partial charge in [-0.3, -0.25) is 13.8 Å². The number of carbonyl (C=O) groups excluding carboxylic acids is 1. The highest BCUT2D eigenvalue weighted by atomic mass is 31.2. The zero-order chi connectivity index (χ0) is 44.3. The summed E-state index contributed by atoms with van der Waals surface area (Å²) in [6.45, 7) is 4.75.